The topological polar surface area (TPSA) is 122 Å². The first kappa shape index (κ1) is 21.0. The standard InChI is InChI=1S/C17H20BN3O7S/c1-10(2)27-17(23)26-9-25-15(22)12-6-4-5-11-7-13(18(24)28-14(11)12)29-16-20-19-8-21(16)3/h4-6,8,10,13,24H,7,9H2,1-3H3/t13-/m0/s1. The Morgan fingerprint density at radius 3 is 2.90 bits per heavy atom. The van der Waals surface area contributed by atoms with Gasteiger partial charge in [-0.15, -0.1) is 10.2 Å². The van der Waals surface area contributed by atoms with Gasteiger partial charge in [0.2, 0.25) is 6.79 Å². The van der Waals surface area contributed by atoms with Crippen molar-refractivity contribution in [3.8, 4) is 5.75 Å². The molecular formula is C17H20BN3O7S. The Labute approximate surface area is 171 Å². The molecule has 0 fully saturated rings. The van der Waals surface area contributed by atoms with Crippen LogP contribution >= 0.6 is 11.8 Å². The van der Waals surface area contributed by atoms with E-state index in [-0.39, 0.29) is 22.6 Å². The minimum atomic E-state index is -1.16. The second-order valence-corrected chi connectivity index (χ2v) is 7.70. The summed E-state index contributed by atoms with van der Waals surface area (Å²) < 4.78 is 21.8. The SMILES string of the molecule is CC(C)OC(=O)OCOC(=O)c1cccc2c1OB(O)[C@@H](Sc1nncn1C)C2. The van der Waals surface area contributed by atoms with Gasteiger partial charge in [-0.05, 0) is 31.9 Å². The number of para-hydroxylation sites is 1. The fraction of sp³-hybridized carbons (Fsp3) is 0.412. The zero-order valence-corrected chi connectivity index (χ0v) is 16.9. The molecular weight excluding hydrogens is 401 g/mol. The molecule has 1 aliphatic rings. The molecule has 29 heavy (non-hydrogen) atoms. The van der Waals surface area contributed by atoms with Crippen molar-refractivity contribution >= 4 is 31.0 Å². The third-order valence-electron chi connectivity index (χ3n) is 3.92. The highest BCUT2D eigenvalue weighted by Crippen LogP contribution is 2.36. The Morgan fingerprint density at radius 2 is 2.21 bits per heavy atom. The van der Waals surface area contributed by atoms with Crippen molar-refractivity contribution in [2.75, 3.05) is 6.79 Å². The van der Waals surface area contributed by atoms with Crippen LogP contribution < -0.4 is 4.65 Å². The van der Waals surface area contributed by atoms with Gasteiger partial charge in [0, 0.05) is 7.05 Å². The number of esters is 1. The average Bonchev–Trinajstić information content (AvgIpc) is 3.06. The van der Waals surface area contributed by atoms with Crippen molar-refractivity contribution < 1.29 is 33.5 Å². The van der Waals surface area contributed by atoms with Crippen LogP contribution in [0, 0.1) is 0 Å². The smallest absolute Gasteiger partial charge is 0.535 e. The molecule has 3 rings (SSSR count). The minimum Gasteiger partial charge on any atom is -0.535 e. The van der Waals surface area contributed by atoms with Crippen LogP contribution in [0.25, 0.3) is 0 Å². The molecule has 0 bridgehead atoms. The molecule has 154 valence electrons. The highest BCUT2D eigenvalue weighted by Gasteiger charge is 2.38. The van der Waals surface area contributed by atoms with E-state index in [4.69, 9.17) is 14.1 Å². The maximum absolute atomic E-state index is 12.4. The lowest BCUT2D eigenvalue weighted by atomic mass is 9.77. The number of hydrogen-bond donors (Lipinski definition) is 1. The van der Waals surface area contributed by atoms with Crippen LogP contribution in [-0.2, 0) is 27.7 Å². The number of benzene rings is 1. The summed E-state index contributed by atoms with van der Waals surface area (Å²) in [5, 5.41) is 18.5. The third kappa shape index (κ3) is 5.21. The molecule has 2 aromatic rings. The van der Waals surface area contributed by atoms with Crippen LogP contribution in [0.5, 0.6) is 5.75 Å². The largest absolute Gasteiger partial charge is 0.537 e. The van der Waals surface area contributed by atoms with E-state index >= 15 is 0 Å². The molecule has 12 heteroatoms. The van der Waals surface area contributed by atoms with E-state index in [0.29, 0.717) is 11.6 Å². The lowest BCUT2D eigenvalue weighted by molar-refractivity contribution is -0.0345. The number of thioether (sulfide) groups is 1. The van der Waals surface area contributed by atoms with E-state index in [1.807, 2.05) is 0 Å². The molecule has 0 aliphatic carbocycles. The Hall–Kier alpha value is -2.73. The highest BCUT2D eigenvalue weighted by molar-refractivity contribution is 8.01. The van der Waals surface area contributed by atoms with Crippen molar-refractivity contribution in [2.45, 2.75) is 36.7 Å². The first-order chi connectivity index (χ1) is 13.8. The fourth-order valence-corrected chi connectivity index (χ4v) is 3.62. The van der Waals surface area contributed by atoms with Gasteiger partial charge in [0.1, 0.15) is 17.6 Å². The van der Waals surface area contributed by atoms with Crippen LogP contribution in [0.4, 0.5) is 4.79 Å². The number of carbonyl (C=O) groups excluding carboxylic acids is 2. The molecule has 1 N–H and O–H groups in total. The normalized spacial score (nSPS) is 15.5. The summed E-state index contributed by atoms with van der Waals surface area (Å²) in [7, 11) is 0.648. The van der Waals surface area contributed by atoms with E-state index in [9.17, 15) is 14.6 Å². The number of nitrogens with zero attached hydrogens (tertiary/aromatic N) is 3. The lowest BCUT2D eigenvalue weighted by Gasteiger charge is -2.27. The zero-order valence-electron chi connectivity index (χ0n) is 16.1. The van der Waals surface area contributed by atoms with E-state index in [1.165, 1.54) is 17.8 Å². The first-order valence-electron chi connectivity index (χ1n) is 8.83. The van der Waals surface area contributed by atoms with Gasteiger partial charge in [-0.3, -0.25) is 0 Å². The molecule has 0 amide bonds. The molecule has 0 saturated heterocycles. The van der Waals surface area contributed by atoms with Gasteiger partial charge in [-0.2, -0.15) is 0 Å². The van der Waals surface area contributed by atoms with Gasteiger partial charge in [0.25, 0.3) is 0 Å². The van der Waals surface area contributed by atoms with Gasteiger partial charge in [-0.25, -0.2) is 9.59 Å². The molecule has 0 spiro atoms. The Morgan fingerprint density at radius 1 is 1.41 bits per heavy atom. The average molecular weight is 421 g/mol. The molecule has 0 unspecified atom stereocenters. The highest BCUT2D eigenvalue weighted by atomic mass is 32.2. The first-order valence-corrected chi connectivity index (χ1v) is 9.71. The van der Waals surface area contributed by atoms with Crippen LogP contribution in [0.3, 0.4) is 0 Å². The predicted octanol–water partition coefficient (Wildman–Crippen LogP) is 1.61. The number of fused-ring (bicyclic) bond motifs is 1. The van der Waals surface area contributed by atoms with Crippen LogP contribution in [0.15, 0.2) is 29.7 Å². The van der Waals surface area contributed by atoms with Crippen molar-refractivity contribution in [3.05, 3.63) is 35.7 Å². The van der Waals surface area contributed by atoms with E-state index < -0.39 is 26.0 Å². The Kier molecular flexibility index (Phi) is 6.65. The lowest BCUT2D eigenvalue weighted by Crippen LogP contribution is -2.41. The molecule has 1 aliphatic heterocycles. The molecule has 0 radical (unpaired) electrons. The number of carbonyl (C=O) groups is 2. The van der Waals surface area contributed by atoms with E-state index in [2.05, 4.69) is 14.9 Å². The molecule has 0 saturated carbocycles. The van der Waals surface area contributed by atoms with Crippen molar-refractivity contribution in [2.24, 2.45) is 7.05 Å². The summed E-state index contributed by atoms with van der Waals surface area (Å²) in [5.74, 6) is -0.504. The van der Waals surface area contributed by atoms with E-state index in [1.54, 1.807) is 43.9 Å². The number of hydrogen-bond acceptors (Lipinski definition) is 10. The van der Waals surface area contributed by atoms with Crippen LogP contribution in [-0.4, -0.2) is 57.1 Å². The summed E-state index contributed by atoms with van der Waals surface area (Å²) in [4.78, 5) is 23.7. The van der Waals surface area contributed by atoms with Gasteiger partial charge in [0.15, 0.2) is 5.16 Å². The molecule has 1 atom stereocenters. The quantitative estimate of drug-likeness (QED) is 0.418. The van der Waals surface area contributed by atoms with Crippen LogP contribution in [0.2, 0.25) is 0 Å². The molecule has 1 aromatic carbocycles. The molecule has 10 nitrogen and oxygen atoms in total. The maximum atomic E-state index is 12.4. The van der Waals surface area contributed by atoms with Crippen molar-refractivity contribution in [3.63, 3.8) is 0 Å². The zero-order chi connectivity index (χ0) is 21.0. The molecule has 1 aromatic heterocycles. The van der Waals surface area contributed by atoms with Gasteiger partial charge < -0.3 is 28.5 Å². The fourth-order valence-electron chi connectivity index (χ4n) is 2.61. The summed E-state index contributed by atoms with van der Waals surface area (Å²) in [6, 6.07) is 5.00. The summed E-state index contributed by atoms with van der Waals surface area (Å²) in [6.07, 6.45) is 0.742. The second kappa shape index (κ2) is 9.18. The number of ether oxygens (including phenoxy) is 3. The number of aryl methyl sites for hydroxylation is 1. The van der Waals surface area contributed by atoms with Crippen molar-refractivity contribution in [1.82, 2.24) is 14.8 Å². The monoisotopic (exact) mass is 421 g/mol. The minimum absolute atomic E-state index is 0.129. The Bertz CT molecular complexity index is 892. The van der Waals surface area contributed by atoms with Gasteiger partial charge >= 0.3 is 19.2 Å². The predicted molar refractivity (Wildman–Crippen MR) is 102 cm³/mol. The summed E-state index contributed by atoms with van der Waals surface area (Å²) in [6.45, 7) is 2.74. The number of rotatable bonds is 6. The number of aromatic nitrogens is 3. The van der Waals surface area contributed by atoms with Crippen LogP contribution in [0.1, 0.15) is 29.8 Å². The third-order valence-corrected chi connectivity index (χ3v) is 5.20. The van der Waals surface area contributed by atoms with Gasteiger partial charge in [0.05, 0.1) is 11.3 Å². The summed E-state index contributed by atoms with van der Waals surface area (Å²) >= 11 is 1.33. The maximum Gasteiger partial charge on any atom is 0.537 e. The summed E-state index contributed by atoms with van der Waals surface area (Å²) in [5.41, 5.74) is 0.869. The van der Waals surface area contributed by atoms with E-state index in [0.717, 1.165) is 5.56 Å². The Balaban J connectivity index is 1.65. The van der Waals surface area contributed by atoms with Crippen molar-refractivity contribution in [1.29, 1.82) is 0 Å². The van der Waals surface area contributed by atoms with Gasteiger partial charge in [-0.1, -0.05) is 23.9 Å². The molecule has 2 heterocycles. The second-order valence-electron chi connectivity index (χ2n) is 6.50.